The predicted molar refractivity (Wildman–Crippen MR) is 110 cm³/mol. The Labute approximate surface area is 172 Å². The van der Waals surface area contributed by atoms with Crippen molar-refractivity contribution in [2.75, 3.05) is 0 Å². The highest BCUT2D eigenvalue weighted by Crippen LogP contribution is 2.40. The summed E-state index contributed by atoms with van der Waals surface area (Å²) >= 11 is 14.6. The average Bonchev–Trinajstić information content (AvgIpc) is 3.13. The molecule has 1 unspecified atom stereocenters. The first-order valence-electron chi connectivity index (χ1n) is 8.56. The number of nitrogens with zero attached hydrogens (tertiary/aromatic N) is 2. The number of hydrogen-bond donors (Lipinski definition) is 0. The van der Waals surface area contributed by atoms with Crippen LogP contribution in [-0.2, 0) is 10.7 Å². The third kappa shape index (κ3) is 5.92. The summed E-state index contributed by atoms with van der Waals surface area (Å²) in [5.41, 5.74) is 0.876. The van der Waals surface area contributed by atoms with Crippen molar-refractivity contribution in [2.45, 2.75) is 50.0 Å². The highest BCUT2D eigenvalue weighted by molar-refractivity contribution is 8.36. The summed E-state index contributed by atoms with van der Waals surface area (Å²) in [6, 6.07) is 5.37. The lowest BCUT2D eigenvalue weighted by Crippen LogP contribution is -2.14. The first-order valence-corrected chi connectivity index (χ1v) is 10.9. The third-order valence-electron chi connectivity index (χ3n) is 4.29. The minimum Gasteiger partial charge on any atom is -0.336 e. The van der Waals surface area contributed by atoms with E-state index >= 15 is 0 Å². The second kappa shape index (κ2) is 10.0. The lowest BCUT2D eigenvalue weighted by molar-refractivity contribution is 0.185. The summed E-state index contributed by atoms with van der Waals surface area (Å²) in [4.78, 5) is 16.5. The van der Waals surface area contributed by atoms with Gasteiger partial charge in [-0.25, -0.2) is 4.98 Å². The van der Waals surface area contributed by atoms with Crippen LogP contribution in [0.25, 0.3) is 0 Å². The van der Waals surface area contributed by atoms with Crippen LogP contribution in [0.3, 0.4) is 0 Å². The highest BCUT2D eigenvalue weighted by atomic mass is 35.5. The highest BCUT2D eigenvalue weighted by Gasteiger charge is 2.23. The maximum Gasteiger partial charge on any atom is 0.273 e. The van der Waals surface area contributed by atoms with E-state index in [1.165, 1.54) is 31.0 Å². The maximum atomic E-state index is 12.5. The Kier molecular flexibility index (Phi) is 7.76. The Morgan fingerprint density at radius 2 is 2.12 bits per heavy atom. The summed E-state index contributed by atoms with van der Waals surface area (Å²) in [5, 5.41) is 0.983. The second-order valence-electron chi connectivity index (χ2n) is 6.22. The van der Waals surface area contributed by atoms with Crippen LogP contribution in [0.1, 0.15) is 42.9 Å². The molecule has 2 aromatic rings. The number of hydrogen-bond acceptors (Lipinski definition) is 5. The van der Waals surface area contributed by atoms with E-state index in [1.807, 2.05) is 16.8 Å². The van der Waals surface area contributed by atoms with Crippen molar-refractivity contribution in [3.05, 3.63) is 52.5 Å². The van der Waals surface area contributed by atoms with E-state index in [0.29, 0.717) is 16.6 Å². The molecule has 0 spiro atoms. The molecule has 0 aliphatic heterocycles. The van der Waals surface area contributed by atoms with E-state index in [9.17, 15) is 4.79 Å². The number of carbonyl (C=O) groups is 1. The van der Waals surface area contributed by atoms with Gasteiger partial charge in [0.05, 0.1) is 29.7 Å². The summed E-state index contributed by atoms with van der Waals surface area (Å²) in [6.45, 7) is 0.585. The maximum absolute atomic E-state index is 12.5. The smallest absolute Gasteiger partial charge is 0.273 e. The fourth-order valence-electron chi connectivity index (χ4n) is 2.95. The first-order chi connectivity index (χ1) is 12.6. The van der Waals surface area contributed by atoms with Gasteiger partial charge in [0.15, 0.2) is 0 Å². The van der Waals surface area contributed by atoms with E-state index in [-0.39, 0.29) is 15.8 Å². The minimum absolute atomic E-state index is 0.0632. The number of benzene rings is 1. The Hall–Kier alpha value is -0.660. The Balaban J connectivity index is 1.65. The standard InChI is InChI=1S/C18H20Cl2N2O2S2/c19-13-6-7-15(16(20)10-13)17(11-22-9-8-21-12-22)25-18(23)26-24-14-4-2-1-3-5-14/h6-10,12,14,17H,1-5,11H2. The number of carbonyl (C=O) groups excluding carboxylic acids is 1. The van der Waals surface area contributed by atoms with Crippen LogP contribution >= 0.6 is 47.0 Å². The van der Waals surface area contributed by atoms with Gasteiger partial charge >= 0.3 is 0 Å². The van der Waals surface area contributed by atoms with Crippen molar-refractivity contribution in [3.63, 3.8) is 0 Å². The molecule has 1 aromatic heterocycles. The molecule has 1 saturated carbocycles. The largest absolute Gasteiger partial charge is 0.336 e. The summed E-state index contributed by atoms with van der Waals surface area (Å²) < 4.78 is 7.61. The zero-order valence-electron chi connectivity index (χ0n) is 14.1. The summed E-state index contributed by atoms with van der Waals surface area (Å²) in [7, 11) is 0. The number of halogens is 2. The Morgan fingerprint density at radius 1 is 1.31 bits per heavy atom. The van der Waals surface area contributed by atoms with Gasteiger partial charge in [0.1, 0.15) is 0 Å². The third-order valence-corrected chi connectivity index (χ3v) is 6.73. The molecule has 0 bridgehead atoms. The van der Waals surface area contributed by atoms with Gasteiger partial charge in [-0.15, -0.1) is 0 Å². The van der Waals surface area contributed by atoms with Crippen molar-refractivity contribution in [1.82, 2.24) is 9.55 Å². The molecule has 26 heavy (non-hydrogen) atoms. The van der Waals surface area contributed by atoms with Crippen molar-refractivity contribution in [3.8, 4) is 0 Å². The molecule has 8 heteroatoms. The number of imidazole rings is 1. The van der Waals surface area contributed by atoms with Gasteiger partial charge in [-0.05, 0) is 30.5 Å². The molecule has 4 nitrogen and oxygen atoms in total. The van der Waals surface area contributed by atoms with Gasteiger partial charge in [0.25, 0.3) is 4.45 Å². The van der Waals surface area contributed by atoms with Crippen LogP contribution in [0, 0.1) is 0 Å². The van der Waals surface area contributed by atoms with Crippen molar-refractivity contribution < 1.29 is 8.98 Å². The molecule has 1 fully saturated rings. The van der Waals surface area contributed by atoms with Gasteiger partial charge in [-0.2, -0.15) is 0 Å². The quantitative estimate of drug-likeness (QED) is 0.472. The number of thioether (sulfide) groups is 1. The van der Waals surface area contributed by atoms with Crippen LogP contribution in [0.4, 0.5) is 4.79 Å². The molecule has 0 saturated heterocycles. The van der Waals surface area contributed by atoms with Crippen LogP contribution in [0.5, 0.6) is 0 Å². The number of rotatable bonds is 6. The molecule has 0 N–H and O–H groups in total. The minimum atomic E-state index is -0.149. The fraction of sp³-hybridized carbons (Fsp3) is 0.444. The zero-order chi connectivity index (χ0) is 18.4. The van der Waals surface area contributed by atoms with Crippen LogP contribution < -0.4 is 0 Å². The first kappa shape index (κ1) is 20.1. The van der Waals surface area contributed by atoms with Gasteiger partial charge in [0.2, 0.25) is 0 Å². The van der Waals surface area contributed by atoms with Crippen molar-refractivity contribution in [1.29, 1.82) is 0 Å². The lowest BCUT2D eigenvalue weighted by atomic mass is 9.98. The van der Waals surface area contributed by atoms with Crippen LogP contribution in [0.15, 0.2) is 36.9 Å². The molecule has 1 aliphatic carbocycles. The van der Waals surface area contributed by atoms with E-state index < -0.39 is 0 Å². The molecule has 3 rings (SSSR count). The zero-order valence-corrected chi connectivity index (χ0v) is 17.3. The fourth-order valence-corrected chi connectivity index (χ4v) is 5.40. The predicted octanol–water partition coefficient (Wildman–Crippen LogP) is 6.78. The molecule has 1 aliphatic rings. The van der Waals surface area contributed by atoms with E-state index in [2.05, 4.69) is 4.98 Å². The molecular weight excluding hydrogens is 411 g/mol. The second-order valence-corrected chi connectivity index (χ2v) is 9.23. The summed E-state index contributed by atoms with van der Waals surface area (Å²) in [5.74, 6) is 0. The molecule has 1 heterocycles. The van der Waals surface area contributed by atoms with Crippen molar-refractivity contribution in [2.24, 2.45) is 0 Å². The van der Waals surface area contributed by atoms with Crippen LogP contribution in [0.2, 0.25) is 10.0 Å². The van der Waals surface area contributed by atoms with Crippen LogP contribution in [-0.4, -0.2) is 20.1 Å². The van der Waals surface area contributed by atoms with Gasteiger partial charge in [-0.3, -0.25) is 4.79 Å². The van der Waals surface area contributed by atoms with E-state index in [4.69, 9.17) is 27.4 Å². The lowest BCUT2D eigenvalue weighted by Gasteiger charge is -2.21. The van der Waals surface area contributed by atoms with Crippen molar-refractivity contribution >= 4 is 51.5 Å². The van der Waals surface area contributed by atoms with Gasteiger partial charge < -0.3 is 8.75 Å². The molecular formula is C18H20Cl2N2O2S2. The normalized spacial score (nSPS) is 16.5. The van der Waals surface area contributed by atoms with E-state index in [1.54, 1.807) is 24.7 Å². The summed E-state index contributed by atoms with van der Waals surface area (Å²) in [6.07, 6.45) is 11.2. The average molecular weight is 431 g/mol. The van der Waals surface area contributed by atoms with Gasteiger partial charge in [0, 0.05) is 29.0 Å². The molecule has 1 aromatic carbocycles. The SMILES string of the molecule is O=C(SOC1CCCCC1)SC(Cn1ccnc1)c1ccc(Cl)cc1Cl. The molecule has 140 valence electrons. The van der Waals surface area contributed by atoms with E-state index in [0.717, 1.165) is 30.4 Å². The topological polar surface area (TPSA) is 44.1 Å². The van der Waals surface area contributed by atoms with Gasteiger partial charge in [-0.1, -0.05) is 60.3 Å². The molecule has 0 radical (unpaired) electrons. The number of aromatic nitrogens is 2. The monoisotopic (exact) mass is 430 g/mol. The Bertz CT molecular complexity index is 722. The molecule has 1 atom stereocenters. The Morgan fingerprint density at radius 3 is 2.81 bits per heavy atom. The molecule has 0 amide bonds.